The summed E-state index contributed by atoms with van der Waals surface area (Å²) in [7, 11) is 1.34. The summed E-state index contributed by atoms with van der Waals surface area (Å²) < 4.78 is 45.2. The molecule has 0 aliphatic carbocycles. The number of halogens is 3. The Kier molecular flexibility index (Phi) is 4.24. The van der Waals surface area contributed by atoms with Crippen LogP contribution in [0.1, 0.15) is 24.6 Å². The van der Waals surface area contributed by atoms with Gasteiger partial charge in [-0.15, -0.1) is 0 Å². The highest BCUT2D eigenvalue weighted by molar-refractivity contribution is 5.80. The van der Waals surface area contributed by atoms with Crippen LogP contribution >= 0.6 is 0 Å². The lowest BCUT2D eigenvalue weighted by Crippen LogP contribution is -2.35. The highest BCUT2D eigenvalue weighted by Crippen LogP contribution is 2.34. The van der Waals surface area contributed by atoms with E-state index in [9.17, 15) is 18.0 Å². The summed E-state index contributed by atoms with van der Waals surface area (Å²) in [6.45, 7) is 3.72. The summed E-state index contributed by atoms with van der Waals surface area (Å²) >= 11 is 0. The van der Waals surface area contributed by atoms with E-state index < -0.39 is 17.3 Å². The monoisotopic (exact) mass is 370 g/mol. The normalized spacial score (nSPS) is 20.2. The first-order valence-corrected chi connectivity index (χ1v) is 7.78. The number of carbonyl (C=O) groups is 1. The number of hydrogen-bond acceptors (Lipinski definition) is 7. The SMILES string of the molecule is CNc1nc(Nc2cn([C@@]3(C)CCOC3=O)nc2C)ncc1C(F)(F)F. The quantitative estimate of drug-likeness (QED) is 0.799. The Balaban J connectivity index is 1.89. The zero-order valence-electron chi connectivity index (χ0n) is 14.3. The smallest absolute Gasteiger partial charge is 0.421 e. The van der Waals surface area contributed by atoms with Crippen molar-refractivity contribution in [1.82, 2.24) is 19.7 Å². The molecule has 1 fully saturated rings. The third kappa shape index (κ3) is 3.04. The van der Waals surface area contributed by atoms with Gasteiger partial charge < -0.3 is 15.4 Å². The molecule has 0 bridgehead atoms. The fourth-order valence-corrected chi connectivity index (χ4v) is 2.60. The molecule has 0 saturated carbocycles. The minimum Gasteiger partial charge on any atom is -0.464 e. The number of aromatic nitrogens is 4. The van der Waals surface area contributed by atoms with Crippen LogP contribution in [-0.4, -0.2) is 39.4 Å². The van der Waals surface area contributed by atoms with E-state index in [1.165, 1.54) is 11.7 Å². The zero-order valence-corrected chi connectivity index (χ0v) is 14.3. The van der Waals surface area contributed by atoms with Gasteiger partial charge in [-0.2, -0.15) is 23.3 Å². The number of alkyl halides is 3. The van der Waals surface area contributed by atoms with Gasteiger partial charge in [-0.25, -0.2) is 9.78 Å². The number of carbonyl (C=O) groups excluding carboxylic acids is 1. The predicted molar refractivity (Wildman–Crippen MR) is 86.1 cm³/mol. The molecule has 11 heteroatoms. The Hall–Kier alpha value is -2.85. The largest absolute Gasteiger partial charge is 0.464 e. The minimum absolute atomic E-state index is 0.0239. The number of nitrogens with zero attached hydrogens (tertiary/aromatic N) is 4. The summed E-state index contributed by atoms with van der Waals surface area (Å²) in [6, 6.07) is 0. The van der Waals surface area contributed by atoms with Crippen LogP contribution in [0.3, 0.4) is 0 Å². The molecule has 0 amide bonds. The highest BCUT2D eigenvalue weighted by Gasteiger charge is 2.43. The molecule has 3 rings (SSSR count). The van der Waals surface area contributed by atoms with Crippen molar-refractivity contribution < 1.29 is 22.7 Å². The lowest BCUT2D eigenvalue weighted by atomic mass is 10.0. The van der Waals surface area contributed by atoms with Crippen LogP contribution in [0.2, 0.25) is 0 Å². The molecule has 1 atom stereocenters. The predicted octanol–water partition coefficient (Wildman–Crippen LogP) is 2.45. The molecule has 1 aliphatic heterocycles. The minimum atomic E-state index is -4.56. The second-order valence-corrected chi connectivity index (χ2v) is 6.06. The van der Waals surface area contributed by atoms with E-state index in [1.807, 2.05) is 0 Å². The van der Waals surface area contributed by atoms with Crippen molar-refractivity contribution >= 4 is 23.4 Å². The third-order valence-electron chi connectivity index (χ3n) is 4.24. The maximum Gasteiger partial charge on any atom is 0.421 e. The summed E-state index contributed by atoms with van der Waals surface area (Å²) in [6.07, 6.45) is -1.79. The molecule has 8 nitrogen and oxygen atoms in total. The number of hydrogen-bond donors (Lipinski definition) is 2. The van der Waals surface area contributed by atoms with E-state index in [2.05, 4.69) is 25.7 Å². The standard InChI is InChI=1S/C15H17F3N6O2/c1-8-10(7-24(23-8)14(2)4-5-26-12(14)25)21-13-20-6-9(15(16,17)18)11(19-3)22-13/h6-7H,4-5H2,1-3H3,(H2,19,20,21,22)/t14-/m0/s1. The second kappa shape index (κ2) is 6.15. The van der Waals surface area contributed by atoms with Gasteiger partial charge in [0, 0.05) is 19.7 Å². The van der Waals surface area contributed by atoms with Crippen molar-refractivity contribution in [3.05, 3.63) is 23.7 Å². The molecule has 1 saturated heterocycles. The van der Waals surface area contributed by atoms with Gasteiger partial charge in [0.1, 0.15) is 11.4 Å². The lowest BCUT2D eigenvalue weighted by molar-refractivity contribution is -0.145. The first kappa shape index (κ1) is 18.0. The topological polar surface area (TPSA) is 94.0 Å². The summed E-state index contributed by atoms with van der Waals surface area (Å²) in [5.74, 6) is -0.745. The van der Waals surface area contributed by atoms with Gasteiger partial charge in [0.25, 0.3) is 0 Å². The van der Waals surface area contributed by atoms with Gasteiger partial charge in [-0.3, -0.25) is 4.68 Å². The van der Waals surface area contributed by atoms with Crippen molar-refractivity contribution in [3.63, 3.8) is 0 Å². The number of nitrogens with one attached hydrogen (secondary N) is 2. The molecule has 140 valence electrons. The fourth-order valence-electron chi connectivity index (χ4n) is 2.60. The molecule has 0 spiro atoms. The van der Waals surface area contributed by atoms with Crippen LogP contribution < -0.4 is 10.6 Å². The molecule has 0 aromatic carbocycles. The Morgan fingerprint density at radius 3 is 2.69 bits per heavy atom. The molecule has 26 heavy (non-hydrogen) atoms. The van der Waals surface area contributed by atoms with E-state index in [1.54, 1.807) is 20.0 Å². The van der Waals surface area contributed by atoms with Crippen LogP contribution in [0, 0.1) is 6.92 Å². The average Bonchev–Trinajstić information content (AvgIpc) is 3.10. The molecule has 2 N–H and O–H groups in total. The zero-order chi connectivity index (χ0) is 19.1. The average molecular weight is 370 g/mol. The van der Waals surface area contributed by atoms with E-state index in [4.69, 9.17) is 4.74 Å². The maximum atomic E-state index is 12.9. The molecule has 3 heterocycles. The number of rotatable bonds is 4. The molecular formula is C15H17F3N6O2. The Morgan fingerprint density at radius 2 is 2.12 bits per heavy atom. The van der Waals surface area contributed by atoms with E-state index in [0.717, 1.165) is 0 Å². The van der Waals surface area contributed by atoms with Crippen molar-refractivity contribution in [2.75, 3.05) is 24.3 Å². The Morgan fingerprint density at radius 1 is 1.38 bits per heavy atom. The molecule has 0 unspecified atom stereocenters. The van der Waals surface area contributed by atoms with Gasteiger partial charge in [-0.1, -0.05) is 0 Å². The number of anilines is 3. The summed E-state index contributed by atoms with van der Waals surface area (Å²) in [5.41, 5.74) is -0.852. The van der Waals surface area contributed by atoms with Crippen LogP contribution in [0.25, 0.3) is 0 Å². The molecular weight excluding hydrogens is 353 g/mol. The molecule has 2 aromatic rings. The van der Waals surface area contributed by atoms with Gasteiger partial charge in [-0.05, 0) is 13.8 Å². The van der Waals surface area contributed by atoms with Crippen LogP contribution in [0.5, 0.6) is 0 Å². The third-order valence-corrected chi connectivity index (χ3v) is 4.24. The lowest BCUT2D eigenvalue weighted by Gasteiger charge is -2.19. The second-order valence-electron chi connectivity index (χ2n) is 6.06. The summed E-state index contributed by atoms with van der Waals surface area (Å²) in [4.78, 5) is 19.5. The Bertz CT molecular complexity index is 850. The van der Waals surface area contributed by atoms with Crippen LogP contribution in [-0.2, 0) is 21.2 Å². The molecule has 0 radical (unpaired) electrons. The first-order chi connectivity index (χ1) is 12.1. The van der Waals surface area contributed by atoms with Gasteiger partial charge >= 0.3 is 12.1 Å². The number of esters is 1. The number of aryl methyl sites for hydroxylation is 1. The van der Waals surface area contributed by atoms with Gasteiger partial charge in [0.05, 0.1) is 24.2 Å². The van der Waals surface area contributed by atoms with E-state index >= 15 is 0 Å². The van der Waals surface area contributed by atoms with E-state index in [-0.39, 0.29) is 17.7 Å². The van der Waals surface area contributed by atoms with E-state index in [0.29, 0.717) is 30.6 Å². The van der Waals surface area contributed by atoms with Crippen molar-refractivity contribution in [2.45, 2.75) is 32.0 Å². The maximum absolute atomic E-state index is 12.9. The van der Waals surface area contributed by atoms with Crippen molar-refractivity contribution in [2.24, 2.45) is 0 Å². The van der Waals surface area contributed by atoms with Crippen molar-refractivity contribution in [1.29, 1.82) is 0 Å². The van der Waals surface area contributed by atoms with Gasteiger partial charge in [0.15, 0.2) is 5.54 Å². The van der Waals surface area contributed by atoms with Gasteiger partial charge in [0.2, 0.25) is 5.95 Å². The van der Waals surface area contributed by atoms with Crippen LogP contribution in [0.15, 0.2) is 12.4 Å². The molecule has 1 aliphatic rings. The highest BCUT2D eigenvalue weighted by atomic mass is 19.4. The fraction of sp³-hybridized carbons (Fsp3) is 0.467. The Labute approximate surface area is 146 Å². The molecule has 2 aromatic heterocycles. The summed E-state index contributed by atoms with van der Waals surface area (Å²) in [5, 5.41) is 9.56. The number of cyclic esters (lactones) is 1. The first-order valence-electron chi connectivity index (χ1n) is 7.78. The number of ether oxygens (including phenoxy) is 1. The van der Waals surface area contributed by atoms with Crippen LogP contribution in [0.4, 0.5) is 30.6 Å². The van der Waals surface area contributed by atoms with Crippen molar-refractivity contribution in [3.8, 4) is 0 Å².